The molecule has 0 aromatic heterocycles. The van der Waals surface area contributed by atoms with Crippen molar-refractivity contribution in [3.8, 4) is 0 Å². The molecule has 2 aliphatic carbocycles. The fourth-order valence-corrected chi connectivity index (χ4v) is 9.84. The van der Waals surface area contributed by atoms with Crippen LogP contribution in [0.2, 0.25) is 0 Å². The molecule has 5 aliphatic rings. The van der Waals surface area contributed by atoms with Crippen molar-refractivity contribution in [2.45, 2.75) is 108 Å². The van der Waals surface area contributed by atoms with E-state index in [1.165, 1.54) is 11.0 Å². The molecular formula is C42H53N5O8S. The van der Waals surface area contributed by atoms with Crippen molar-refractivity contribution in [2.75, 3.05) is 24.5 Å². The minimum absolute atomic E-state index is 0.0527. The number of nitrogens with zero attached hydrogens (tertiary/aromatic N) is 3. The number of amides is 5. The highest BCUT2D eigenvalue weighted by Gasteiger charge is 2.62. The molecule has 3 heterocycles. The van der Waals surface area contributed by atoms with Gasteiger partial charge in [-0.1, -0.05) is 63.2 Å². The summed E-state index contributed by atoms with van der Waals surface area (Å²) in [6.45, 7) is 10.6. The number of nitrogens with one attached hydrogen (secondary N) is 2. The van der Waals surface area contributed by atoms with Gasteiger partial charge in [-0.2, -0.15) is 0 Å². The monoisotopic (exact) mass is 787 g/mol. The number of fused-ring (bicyclic) bond motifs is 2. The second kappa shape index (κ2) is 15.3. The molecule has 4 fully saturated rings. The summed E-state index contributed by atoms with van der Waals surface area (Å²) in [6.07, 6.45) is 5.13. The van der Waals surface area contributed by atoms with Crippen LogP contribution in [0.4, 0.5) is 16.2 Å². The first-order valence-electron chi connectivity index (χ1n) is 19.9. The van der Waals surface area contributed by atoms with E-state index in [0.717, 1.165) is 43.2 Å². The smallest absolute Gasteiger partial charge is 0.419 e. The average molecular weight is 788 g/mol. The Morgan fingerprint density at radius 3 is 2.11 bits per heavy atom. The van der Waals surface area contributed by atoms with Gasteiger partial charge in [0.1, 0.15) is 17.7 Å². The second-order valence-electron chi connectivity index (χ2n) is 17.1. The Morgan fingerprint density at radius 2 is 1.55 bits per heavy atom. The fraction of sp³-hybridized carbons (Fsp3) is 0.548. The first-order valence-corrected chi connectivity index (χ1v) is 21.4. The van der Waals surface area contributed by atoms with Crippen LogP contribution in [-0.4, -0.2) is 90.5 Å². The van der Waals surface area contributed by atoms with Crippen molar-refractivity contribution in [1.82, 2.24) is 19.8 Å². The molecule has 13 nitrogen and oxygen atoms in total. The number of aryl methyl sites for hydroxylation is 2. The van der Waals surface area contributed by atoms with Crippen LogP contribution in [0.3, 0.4) is 0 Å². The van der Waals surface area contributed by atoms with Gasteiger partial charge < -0.3 is 19.9 Å². The van der Waals surface area contributed by atoms with Crippen molar-refractivity contribution in [3.63, 3.8) is 0 Å². The van der Waals surface area contributed by atoms with Crippen LogP contribution in [0.5, 0.6) is 0 Å². The van der Waals surface area contributed by atoms with Crippen molar-refractivity contribution in [2.24, 2.45) is 17.3 Å². The topological polar surface area (TPSA) is 162 Å². The van der Waals surface area contributed by atoms with Gasteiger partial charge >= 0.3 is 6.09 Å². The van der Waals surface area contributed by atoms with Crippen LogP contribution in [0.15, 0.2) is 61.2 Å². The van der Waals surface area contributed by atoms with E-state index in [2.05, 4.69) is 16.6 Å². The molecule has 7 rings (SSSR count). The Balaban J connectivity index is 1.17. The van der Waals surface area contributed by atoms with Crippen molar-refractivity contribution < 1.29 is 37.1 Å². The summed E-state index contributed by atoms with van der Waals surface area (Å²) in [5.41, 5.74) is 1.06. The molecule has 56 heavy (non-hydrogen) atoms. The maximum Gasteiger partial charge on any atom is 0.419 e. The summed E-state index contributed by atoms with van der Waals surface area (Å²) in [7, 11) is -3.91. The number of likely N-dealkylation sites (tertiary alicyclic amines) is 2. The van der Waals surface area contributed by atoms with E-state index < -0.39 is 74.0 Å². The van der Waals surface area contributed by atoms with Gasteiger partial charge in [-0.25, -0.2) is 18.1 Å². The molecule has 2 saturated heterocycles. The molecule has 0 bridgehead atoms. The van der Waals surface area contributed by atoms with Crippen molar-refractivity contribution >= 4 is 51.1 Å². The standard InChI is InChI=1S/C42H53N5O8S/c1-5-29-25-42(29,39(51)44-56(53,54)31-19-20-31)43-37(49)35-23-30(26-46(35)38(50)32(41(2,3)4)24-36(48)45-21-11-6-12-22-45)55-40(52)47-33-15-9-7-13-27(33)17-18-28-14-8-10-16-34(28)47/h5,7-10,13-16,29-32,35H,1,6,11-12,17-26H2,2-4H3,(H,43,49)(H,44,51)/t29-,30-,32-,35+,42-/m1/s1. The summed E-state index contributed by atoms with van der Waals surface area (Å²) in [6, 6.07) is 14.1. The Bertz CT molecular complexity index is 1970. The Morgan fingerprint density at radius 1 is 0.946 bits per heavy atom. The van der Waals surface area contributed by atoms with Crippen LogP contribution >= 0.6 is 0 Å². The third-order valence-corrected chi connectivity index (χ3v) is 13.9. The number of piperidine rings is 1. The molecule has 2 N–H and O–H groups in total. The number of carbonyl (C=O) groups excluding carboxylic acids is 5. The highest BCUT2D eigenvalue weighted by Crippen LogP contribution is 2.46. The maximum absolute atomic E-state index is 14.8. The van der Waals surface area contributed by atoms with Crippen LogP contribution in [0, 0.1) is 17.3 Å². The summed E-state index contributed by atoms with van der Waals surface area (Å²) in [4.78, 5) is 75.5. The molecule has 0 radical (unpaired) electrons. The van der Waals surface area contributed by atoms with E-state index in [9.17, 15) is 32.4 Å². The number of carbonyl (C=O) groups is 5. The average Bonchev–Trinajstić information content (AvgIpc) is 4.10. The van der Waals surface area contributed by atoms with Gasteiger partial charge in [-0.15, -0.1) is 6.58 Å². The zero-order valence-electron chi connectivity index (χ0n) is 32.5. The fourth-order valence-electron chi connectivity index (χ4n) is 8.48. The van der Waals surface area contributed by atoms with E-state index in [0.29, 0.717) is 37.3 Å². The summed E-state index contributed by atoms with van der Waals surface area (Å²) < 4.78 is 33.9. The third kappa shape index (κ3) is 7.94. The second-order valence-corrected chi connectivity index (χ2v) is 19.0. The van der Waals surface area contributed by atoms with Gasteiger partial charge in [0.15, 0.2) is 0 Å². The lowest BCUT2D eigenvalue weighted by atomic mass is 9.77. The van der Waals surface area contributed by atoms with Gasteiger partial charge in [-0.05, 0) is 80.0 Å². The number of rotatable bonds is 10. The molecule has 300 valence electrons. The molecule has 5 atom stereocenters. The lowest BCUT2D eigenvalue weighted by molar-refractivity contribution is -0.148. The lowest BCUT2D eigenvalue weighted by Crippen LogP contribution is -2.57. The third-order valence-electron chi connectivity index (χ3n) is 12.1. The molecule has 2 saturated carbocycles. The van der Waals surface area contributed by atoms with Crippen LogP contribution in [0.1, 0.15) is 83.3 Å². The van der Waals surface area contributed by atoms with E-state index in [1.54, 1.807) is 9.80 Å². The molecule has 2 aromatic rings. The van der Waals surface area contributed by atoms with E-state index in [-0.39, 0.29) is 31.7 Å². The number of benzene rings is 2. The summed E-state index contributed by atoms with van der Waals surface area (Å²) >= 11 is 0. The van der Waals surface area contributed by atoms with Gasteiger partial charge in [0.05, 0.1) is 29.1 Å². The summed E-state index contributed by atoms with van der Waals surface area (Å²) in [5, 5.41) is 2.16. The quantitative estimate of drug-likeness (QED) is 0.326. The van der Waals surface area contributed by atoms with Crippen molar-refractivity contribution in [3.05, 3.63) is 72.3 Å². The molecule has 5 amide bonds. The predicted octanol–water partition coefficient (Wildman–Crippen LogP) is 4.76. The Kier molecular flexibility index (Phi) is 10.8. The van der Waals surface area contributed by atoms with Gasteiger partial charge in [0, 0.05) is 31.8 Å². The number of hydrogen-bond donors (Lipinski definition) is 2. The minimum atomic E-state index is -3.91. The Hall–Kier alpha value is -4.72. The number of sulfonamides is 1. The van der Waals surface area contributed by atoms with E-state index in [1.807, 2.05) is 69.3 Å². The van der Waals surface area contributed by atoms with Crippen LogP contribution in [-0.2, 0) is 46.8 Å². The van der Waals surface area contributed by atoms with Crippen LogP contribution in [0.25, 0.3) is 0 Å². The first kappa shape index (κ1) is 39.5. The van der Waals surface area contributed by atoms with E-state index in [4.69, 9.17) is 4.74 Å². The van der Waals surface area contributed by atoms with Gasteiger partial charge in [-0.3, -0.25) is 23.9 Å². The maximum atomic E-state index is 14.8. The largest absolute Gasteiger partial charge is 0.444 e. The zero-order valence-corrected chi connectivity index (χ0v) is 33.3. The highest BCUT2D eigenvalue weighted by atomic mass is 32.2. The molecule has 0 spiro atoms. The Labute approximate surface area is 329 Å². The van der Waals surface area contributed by atoms with Gasteiger partial charge in [0.25, 0.3) is 5.91 Å². The number of para-hydroxylation sites is 2. The molecule has 14 heteroatoms. The highest BCUT2D eigenvalue weighted by molar-refractivity contribution is 7.91. The van der Waals surface area contributed by atoms with Crippen LogP contribution < -0.4 is 14.9 Å². The number of hydrogen-bond acceptors (Lipinski definition) is 8. The SMILES string of the molecule is C=C[C@@H]1C[C@]1(NC(=O)[C@@H]1C[C@@H](OC(=O)N2c3ccccc3CCc3ccccc32)CN1C(=O)[C@@H](CC(=O)N1CCCCC1)C(C)(C)C)C(=O)NS(=O)(=O)C1CC1. The molecule has 3 aliphatic heterocycles. The molecule has 0 unspecified atom stereocenters. The van der Waals surface area contributed by atoms with Crippen molar-refractivity contribution in [1.29, 1.82) is 0 Å². The number of anilines is 2. The van der Waals surface area contributed by atoms with Gasteiger partial charge in [0.2, 0.25) is 27.7 Å². The molecular weight excluding hydrogens is 735 g/mol. The summed E-state index contributed by atoms with van der Waals surface area (Å²) in [5.74, 6) is -3.43. The normalized spacial score (nSPS) is 25.2. The predicted molar refractivity (Wildman–Crippen MR) is 210 cm³/mol. The van der Waals surface area contributed by atoms with E-state index >= 15 is 0 Å². The number of ether oxygens (including phenoxy) is 1. The zero-order chi connectivity index (χ0) is 40.0. The molecule has 2 aromatic carbocycles. The minimum Gasteiger partial charge on any atom is -0.444 e. The lowest BCUT2D eigenvalue weighted by Gasteiger charge is -2.36. The first-order chi connectivity index (χ1) is 26.6.